The molecule has 0 saturated carbocycles. The minimum atomic E-state index is 0.951. The smallest absolute Gasteiger partial charge is 0.137 e. The number of hydrogen-bond donors (Lipinski definition) is 0. The molecule has 0 radical (unpaired) electrons. The maximum absolute atomic E-state index is 4.31. The van der Waals surface area contributed by atoms with Gasteiger partial charge in [0.2, 0.25) is 0 Å². The van der Waals surface area contributed by atoms with Crippen LogP contribution in [0, 0.1) is 6.92 Å². The van der Waals surface area contributed by atoms with E-state index in [4.69, 9.17) is 0 Å². The van der Waals surface area contributed by atoms with Gasteiger partial charge in [-0.3, -0.25) is 4.57 Å². The van der Waals surface area contributed by atoms with Crippen molar-refractivity contribution in [2.45, 2.75) is 32.6 Å². The molecule has 2 aliphatic rings. The highest BCUT2D eigenvalue weighted by Gasteiger charge is 2.20. The Morgan fingerprint density at radius 3 is 2.85 bits per heavy atom. The molecule has 0 saturated heterocycles. The summed E-state index contributed by atoms with van der Waals surface area (Å²) < 4.78 is 2.20. The molecule has 1 aliphatic heterocycles. The highest BCUT2D eigenvalue weighted by Crippen LogP contribution is 2.28. The Morgan fingerprint density at radius 1 is 0.962 bits per heavy atom. The summed E-state index contributed by atoms with van der Waals surface area (Å²) in [7, 11) is 0. The third-order valence-corrected chi connectivity index (χ3v) is 5.37. The fraction of sp³-hybridized carbons (Fsp3) is 0.217. The summed E-state index contributed by atoms with van der Waals surface area (Å²) in [5, 5.41) is 11.2. The SMILES string of the molecule is Cc1nnc2n1-c1ccc(C3=c4ccccc4=CCCC=C3)cc1CC2. The lowest BCUT2D eigenvalue weighted by Crippen LogP contribution is -2.27. The number of aryl methyl sites for hydroxylation is 3. The van der Waals surface area contributed by atoms with Gasteiger partial charge in [-0.15, -0.1) is 10.2 Å². The molecule has 0 amide bonds. The van der Waals surface area contributed by atoms with E-state index in [1.54, 1.807) is 0 Å². The van der Waals surface area contributed by atoms with Crippen LogP contribution in [0.15, 0.2) is 54.6 Å². The van der Waals surface area contributed by atoms with E-state index in [2.05, 4.69) is 75.5 Å². The first-order valence-electron chi connectivity index (χ1n) is 9.32. The molecule has 0 N–H and O–H groups in total. The summed E-state index contributed by atoms with van der Waals surface area (Å²) in [6.45, 7) is 2.03. The molecular formula is C23H21N3. The van der Waals surface area contributed by atoms with Crippen LogP contribution in [-0.4, -0.2) is 14.8 Å². The highest BCUT2D eigenvalue weighted by molar-refractivity contribution is 5.75. The highest BCUT2D eigenvalue weighted by atomic mass is 15.3. The molecule has 5 rings (SSSR count). The van der Waals surface area contributed by atoms with E-state index in [-0.39, 0.29) is 0 Å². The van der Waals surface area contributed by atoms with Crippen molar-refractivity contribution in [1.29, 1.82) is 0 Å². The van der Waals surface area contributed by atoms with E-state index in [0.717, 1.165) is 37.3 Å². The Labute approximate surface area is 153 Å². The van der Waals surface area contributed by atoms with E-state index < -0.39 is 0 Å². The van der Waals surface area contributed by atoms with Crippen LogP contribution < -0.4 is 10.4 Å². The van der Waals surface area contributed by atoms with Gasteiger partial charge in [-0.05, 0) is 65.5 Å². The maximum atomic E-state index is 4.31. The standard InChI is InChI=1S/C23H21N3/c1-16-24-25-23-14-12-19-15-18(11-13-22(19)26(16)23)21-9-4-2-3-7-17-8-5-6-10-20(17)21/h4-11,13,15H,2-3,12,14H2,1H3. The Balaban J connectivity index is 1.74. The van der Waals surface area contributed by atoms with Crippen LogP contribution in [0.1, 0.15) is 35.6 Å². The van der Waals surface area contributed by atoms with Crippen molar-refractivity contribution in [1.82, 2.24) is 14.8 Å². The molecule has 3 aromatic rings. The second-order valence-electron chi connectivity index (χ2n) is 7.03. The molecule has 2 heterocycles. The van der Waals surface area contributed by atoms with E-state index in [0.29, 0.717) is 0 Å². The fourth-order valence-electron chi connectivity index (χ4n) is 4.10. The molecule has 2 aromatic carbocycles. The molecule has 0 fully saturated rings. The molecule has 0 unspecified atom stereocenters. The summed E-state index contributed by atoms with van der Waals surface area (Å²) in [5.41, 5.74) is 5.21. The summed E-state index contributed by atoms with van der Waals surface area (Å²) >= 11 is 0. The van der Waals surface area contributed by atoms with Gasteiger partial charge in [0.15, 0.2) is 0 Å². The Bertz CT molecular complexity index is 1150. The summed E-state index contributed by atoms with van der Waals surface area (Å²) in [6.07, 6.45) is 11.1. The van der Waals surface area contributed by atoms with E-state index in [9.17, 15) is 0 Å². The topological polar surface area (TPSA) is 30.7 Å². The zero-order valence-electron chi connectivity index (χ0n) is 14.9. The van der Waals surface area contributed by atoms with Crippen LogP contribution in [0.2, 0.25) is 0 Å². The second-order valence-corrected chi connectivity index (χ2v) is 7.03. The van der Waals surface area contributed by atoms with Crippen LogP contribution in [0.4, 0.5) is 0 Å². The third kappa shape index (κ3) is 2.43. The van der Waals surface area contributed by atoms with E-state index >= 15 is 0 Å². The lowest BCUT2D eigenvalue weighted by Gasteiger charge is -2.20. The number of fused-ring (bicyclic) bond motifs is 4. The molecule has 1 aliphatic carbocycles. The van der Waals surface area contributed by atoms with Gasteiger partial charge in [0.05, 0.1) is 5.69 Å². The van der Waals surface area contributed by atoms with E-state index in [1.165, 1.54) is 32.8 Å². The summed E-state index contributed by atoms with van der Waals surface area (Å²) in [5.74, 6) is 2.04. The van der Waals surface area contributed by atoms with Crippen molar-refractivity contribution in [3.8, 4) is 5.69 Å². The number of benzene rings is 2. The molecule has 3 heteroatoms. The monoisotopic (exact) mass is 339 g/mol. The number of nitrogens with zero attached hydrogens (tertiary/aromatic N) is 3. The number of rotatable bonds is 1. The second kappa shape index (κ2) is 6.10. The third-order valence-electron chi connectivity index (χ3n) is 5.37. The van der Waals surface area contributed by atoms with Gasteiger partial charge in [-0.25, -0.2) is 0 Å². The minimum Gasteiger partial charge on any atom is -0.283 e. The molecule has 3 nitrogen and oxygen atoms in total. The first-order chi connectivity index (χ1) is 12.8. The minimum absolute atomic E-state index is 0.951. The van der Waals surface area contributed by atoms with Crippen molar-refractivity contribution in [2.75, 3.05) is 0 Å². The number of allylic oxidation sites excluding steroid dienone is 2. The largest absolute Gasteiger partial charge is 0.283 e. The van der Waals surface area contributed by atoms with Crippen LogP contribution in [0.25, 0.3) is 17.3 Å². The Kier molecular flexibility index (Phi) is 3.59. The lowest BCUT2D eigenvalue weighted by molar-refractivity contribution is 0.766. The van der Waals surface area contributed by atoms with Crippen LogP contribution in [0.3, 0.4) is 0 Å². The Morgan fingerprint density at radius 2 is 1.88 bits per heavy atom. The van der Waals surface area contributed by atoms with Gasteiger partial charge in [0.25, 0.3) is 0 Å². The average Bonchev–Trinajstić information content (AvgIpc) is 3.04. The summed E-state index contributed by atoms with van der Waals surface area (Å²) in [6, 6.07) is 15.5. The van der Waals surface area contributed by atoms with Gasteiger partial charge in [-0.1, -0.05) is 48.6 Å². The molecule has 0 atom stereocenters. The zero-order valence-corrected chi connectivity index (χ0v) is 14.9. The van der Waals surface area contributed by atoms with Crippen molar-refractivity contribution in [2.24, 2.45) is 0 Å². The van der Waals surface area contributed by atoms with Crippen molar-refractivity contribution in [3.63, 3.8) is 0 Å². The molecule has 0 spiro atoms. The number of hydrogen-bond acceptors (Lipinski definition) is 2. The fourth-order valence-corrected chi connectivity index (χ4v) is 4.10. The predicted octanol–water partition coefficient (Wildman–Crippen LogP) is 3.00. The molecule has 1 aromatic heterocycles. The van der Waals surface area contributed by atoms with Gasteiger partial charge >= 0.3 is 0 Å². The normalized spacial score (nSPS) is 15.3. The van der Waals surface area contributed by atoms with Crippen LogP contribution in [-0.2, 0) is 12.8 Å². The summed E-state index contributed by atoms with van der Waals surface area (Å²) in [4.78, 5) is 0. The average molecular weight is 339 g/mol. The van der Waals surface area contributed by atoms with Gasteiger partial charge in [0, 0.05) is 6.42 Å². The lowest BCUT2D eigenvalue weighted by atomic mass is 9.94. The van der Waals surface area contributed by atoms with Gasteiger partial charge in [-0.2, -0.15) is 0 Å². The maximum Gasteiger partial charge on any atom is 0.137 e. The van der Waals surface area contributed by atoms with Gasteiger partial charge < -0.3 is 0 Å². The predicted molar refractivity (Wildman–Crippen MR) is 105 cm³/mol. The number of aromatic nitrogens is 3. The van der Waals surface area contributed by atoms with E-state index in [1.807, 2.05) is 6.92 Å². The van der Waals surface area contributed by atoms with Gasteiger partial charge in [0.1, 0.15) is 11.6 Å². The molecule has 0 bridgehead atoms. The van der Waals surface area contributed by atoms with Crippen molar-refractivity contribution < 1.29 is 0 Å². The zero-order chi connectivity index (χ0) is 17.5. The van der Waals surface area contributed by atoms with Crippen molar-refractivity contribution in [3.05, 3.63) is 87.8 Å². The first kappa shape index (κ1) is 15.3. The molecular weight excluding hydrogens is 318 g/mol. The van der Waals surface area contributed by atoms with Crippen LogP contribution >= 0.6 is 0 Å². The quantitative estimate of drug-likeness (QED) is 0.682. The van der Waals surface area contributed by atoms with Crippen molar-refractivity contribution >= 4 is 11.6 Å². The van der Waals surface area contributed by atoms with Crippen LogP contribution in [0.5, 0.6) is 0 Å². The molecule has 26 heavy (non-hydrogen) atoms. The Hall–Kier alpha value is -2.94. The molecule has 128 valence electrons. The first-order valence-corrected chi connectivity index (χ1v) is 9.32.